The molecule has 0 fully saturated rings. The van der Waals surface area contributed by atoms with Crippen LogP contribution in [0, 0.1) is 0 Å². The van der Waals surface area contributed by atoms with Gasteiger partial charge in [0.1, 0.15) is 5.75 Å². The summed E-state index contributed by atoms with van der Waals surface area (Å²) in [6.45, 7) is 6.32. The molecule has 0 saturated carbocycles. The fourth-order valence-corrected chi connectivity index (χ4v) is 3.21. The molecule has 0 atom stereocenters. The van der Waals surface area contributed by atoms with Crippen LogP contribution in [0.5, 0.6) is 5.75 Å². The summed E-state index contributed by atoms with van der Waals surface area (Å²) < 4.78 is 12.6. The predicted octanol–water partition coefficient (Wildman–Crippen LogP) is 4.22. The topological polar surface area (TPSA) is 72.7 Å². The number of hydrogen-bond donors (Lipinski definition) is 2. The molecule has 0 saturated heterocycles. The van der Waals surface area contributed by atoms with Gasteiger partial charge in [-0.15, -0.1) is 24.0 Å². The van der Waals surface area contributed by atoms with Gasteiger partial charge in [-0.05, 0) is 48.2 Å². The first-order valence-electron chi connectivity index (χ1n) is 11.0. The summed E-state index contributed by atoms with van der Waals surface area (Å²) in [5, 5.41) is 11.1. The van der Waals surface area contributed by atoms with E-state index < -0.39 is 0 Å². The molecule has 0 aliphatic carbocycles. The lowest BCUT2D eigenvalue weighted by Crippen LogP contribution is -2.37. The van der Waals surface area contributed by atoms with E-state index in [4.69, 9.17) is 14.5 Å². The third-order valence-corrected chi connectivity index (χ3v) is 4.90. The van der Waals surface area contributed by atoms with E-state index in [0.29, 0.717) is 13.1 Å². The number of nitrogens with one attached hydrogen (secondary N) is 2. The molecule has 3 aromatic rings. The van der Waals surface area contributed by atoms with Crippen LogP contribution in [0.15, 0.2) is 72.0 Å². The molecule has 0 unspecified atom stereocenters. The predicted molar refractivity (Wildman–Crippen MR) is 143 cm³/mol. The molecule has 33 heavy (non-hydrogen) atoms. The molecule has 0 aliphatic rings. The van der Waals surface area contributed by atoms with Gasteiger partial charge in [-0.25, -0.2) is 4.99 Å². The van der Waals surface area contributed by atoms with E-state index in [1.807, 2.05) is 36.0 Å². The second-order valence-corrected chi connectivity index (χ2v) is 7.37. The van der Waals surface area contributed by atoms with Crippen LogP contribution in [0.1, 0.15) is 30.0 Å². The van der Waals surface area contributed by atoms with Crippen LogP contribution in [0.2, 0.25) is 0 Å². The fourth-order valence-electron chi connectivity index (χ4n) is 3.21. The molecule has 3 rings (SSSR count). The van der Waals surface area contributed by atoms with Crippen molar-refractivity contribution in [3.63, 3.8) is 0 Å². The number of halogens is 1. The molecule has 0 spiro atoms. The number of rotatable bonds is 12. The van der Waals surface area contributed by atoms with Crippen molar-refractivity contribution in [3.8, 4) is 5.75 Å². The van der Waals surface area contributed by atoms with Crippen molar-refractivity contribution in [1.82, 2.24) is 20.4 Å². The summed E-state index contributed by atoms with van der Waals surface area (Å²) in [6.07, 6.45) is 4.70. The van der Waals surface area contributed by atoms with Gasteiger partial charge in [0.25, 0.3) is 0 Å². The maximum atomic E-state index is 5.43. The van der Waals surface area contributed by atoms with Crippen LogP contribution < -0.4 is 15.4 Å². The lowest BCUT2D eigenvalue weighted by molar-refractivity contribution is 0.145. The quantitative estimate of drug-likeness (QED) is 0.150. The van der Waals surface area contributed by atoms with Crippen molar-refractivity contribution >= 4 is 29.9 Å². The van der Waals surface area contributed by atoms with Gasteiger partial charge in [-0.3, -0.25) is 4.68 Å². The Labute approximate surface area is 213 Å². The Morgan fingerprint density at radius 2 is 1.85 bits per heavy atom. The smallest absolute Gasteiger partial charge is 0.191 e. The van der Waals surface area contributed by atoms with Crippen molar-refractivity contribution < 1.29 is 9.47 Å². The third kappa shape index (κ3) is 9.83. The first-order valence-corrected chi connectivity index (χ1v) is 11.0. The Hall–Kier alpha value is -2.59. The van der Waals surface area contributed by atoms with Crippen molar-refractivity contribution in [3.05, 3.63) is 83.7 Å². The van der Waals surface area contributed by atoms with Gasteiger partial charge in [0.15, 0.2) is 5.96 Å². The molecule has 2 N–H and O–H groups in total. The summed E-state index contributed by atoms with van der Waals surface area (Å²) >= 11 is 0. The van der Waals surface area contributed by atoms with Crippen LogP contribution in [0.4, 0.5) is 0 Å². The van der Waals surface area contributed by atoms with Crippen LogP contribution in [-0.2, 0) is 24.4 Å². The summed E-state index contributed by atoms with van der Waals surface area (Å²) in [6, 6.07) is 18.4. The molecule has 0 aliphatic heterocycles. The molecule has 7 nitrogen and oxygen atoms in total. The molecule has 0 amide bonds. The van der Waals surface area contributed by atoms with Gasteiger partial charge >= 0.3 is 0 Å². The zero-order valence-electron chi connectivity index (χ0n) is 19.4. The van der Waals surface area contributed by atoms with E-state index >= 15 is 0 Å². The highest BCUT2D eigenvalue weighted by Gasteiger charge is 2.02. The standard InChI is InChI=1S/C25H33N5O2.HI/c1-3-32-16-6-13-26-25(27-18-21-9-11-24(31-2)12-10-21)28-19-22-7-4-8-23(17-22)20-30-15-5-14-29-30;/h4-5,7-12,14-15,17H,3,6,13,16,18-20H2,1-2H3,(H2,26,27,28);1H. The van der Waals surface area contributed by atoms with Gasteiger partial charge in [0.05, 0.1) is 20.2 Å². The molecule has 8 heteroatoms. The third-order valence-electron chi connectivity index (χ3n) is 4.90. The number of guanidine groups is 1. The number of hydrogen-bond acceptors (Lipinski definition) is 4. The second kappa shape index (κ2) is 15.3. The van der Waals surface area contributed by atoms with Crippen LogP contribution in [0.3, 0.4) is 0 Å². The van der Waals surface area contributed by atoms with E-state index in [1.165, 1.54) is 5.56 Å². The summed E-state index contributed by atoms with van der Waals surface area (Å²) in [4.78, 5) is 4.81. The normalized spacial score (nSPS) is 11.0. The zero-order valence-corrected chi connectivity index (χ0v) is 21.7. The van der Waals surface area contributed by atoms with Crippen molar-refractivity contribution in [2.45, 2.75) is 33.0 Å². The van der Waals surface area contributed by atoms with Gasteiger partial charge in [0, 0.05) is 38.7 Å². The van der Waals surface area contributed by atoms with Crippen LogP contribution in [-0.4, -0.2) is 42.6 Å². The minimum Gasteiger partial charge on any atom is -0.497 e. The molecule has 1 aromatic heterocycles. The second-order valence-electron chi connectivity index (χ2n) is 7.37. The van der Waals surface area contributed by atoms with Gasteiger partial charge in [-0.2, -0.15) is 5.10 Å². The Bertz CT molecular complexity index is 946. The number of methoxy groups -OCH3 is 1. The van der Waals surface area contributed by atoms with Gasteiger partial charge in [0.2, 0.25) is 0 Å². The van der Waals surface area contributed by atoms with Crippen molar-refractivity contribution in [2.75, 3.05) is 26.9 Å². The summed E-state index contributed by atoms with van der Waals surface area (Å²) in [5.41, 5.74) is 3.53. The first-order chi connectivity index (χ1) is 15.8. The highest BCUT2D eigenvalue weighted by Crippen LogP contribution is 2.11. The van der Waals surface area contributed by atoms with E-state index in [1.54, 1.807) is 13.3 Å². The first kappa shape index (κ1) is 26.7. The van der Waals surface area contributed by atoms with Crippen LogP contribution >= 0.6 is 24.0 Å². The van der Waals surface area contributed by atoms with Crippen molar-refractivity contribution in [2.24, 2.45) is 4.99 Å². The molecule has 1 heterocycles. The summed E-state index contributed by atoms with van der Waals surface area (Å²) in [5.74, 6) is 1.64. The average molecular weight is 563 g/mol. The Morgan fingerprint density at radius 1 is 1.03 bits per heavy atom. The highest BCUT2D eigenvalue weighted by atomic mass is 127. The number of nitrogens with zero attached hydrogens (tertiary/aromatic N) is 3. The zero-order chi connectivity index (χ0) is 22.4. The molecule has 0 bridgehead atoms. The molecular formula is C25H34IN5O2. The number of aliphatic imine (C=N–C) groups is 1. The number of benzene rings is 2. The van der Waals surface area contributed by atoms with Gasteiger partial charge in [-0.1, -0.05) is 36.4 Å². The highest BCUT2D eigenvalue weighted by molar-refractivity contribution is 14.0. The van der Waals surface area contributed by atoms with E-state index in [-0.39, 0.29) is 24.0 Å². The Kier molecular flexibility index (Phi) is 12.3. The minimum absolute atomic E-state index is 0. The largest absolute Gasteiger partial charge is 0.497 e. The molecule has 2 aromatic carbocycles. The summed E-state index contributed by atoms with van der Waals surface area (Å²) in [7, 11) is 1.67. The number of ether oxygens (including phenoxy) is 2. The van der Waals surface area contributed by atoms with Crippen molar-refractivity contribution in [1.29, 1.82) is 0 Å². The number of aromatic nitrogens is 2. The minimum atomic E-state index is 0. The monoisotopic (exact) mass is 563 g/mol. The lowest BCUT2D eigenvalue weighted by Gasteiger charge is -2.13. The maximum absolute atomic E-state index is 5.43. The maximum Gasteiger partial charge on any atom is 0.191 e. The van der Waals surface area contributed by atoms with E-state index in [0.717, 1.165) is 55.6 Å². The SMILES string of the molecule is CCOCCCNC(=NCc1cccc(Cn2cccn2)c1)NCc1ccc(OC)cc1.I. The lowest BCUT2D eigenvalue weighted by atomic mass is 10.1. The molecule has 178 valence electrons. The van der Waals surface area contributed by atoms with E-state index in [9.17, 15) is 0 Å². The van der Waals surface area contributed by atoms with Crippen LogP contribution in [0.25, 0.3) is 0 Å². The molecular weight excluding hydrogens is 529 g/mol. The fraction of sp³-hybridized carbons (Fsp3) is 0.360. The Morgan fingerprint density at radius 3 is 2.58 bits per heavy atom. The average Bonchev–Trinajstić information content (AvgIpc) is 3.34. The Balaban J connectivity index is 0.00000385. The van der Waals surface area contributed by atoms with E-state index in [2.05, 4.69) is 52.1 Å². The van der Waals surface area contributed by atoms with Gasteiger partial charge < -0.3 is 20.1 Å². The molecule has 0 radical (unpaired) electrons.